The van der Waals surface area contributed by atoms with Crippen LogP contribution in [0, 0.1) is 10.8 Å². The number of hydrogen-bond acceptors (Lipinski definition) is 8. The van der Waals surface area contributed by atoms with Gasteiger partial charge in [-0.2, -0.15) is 13.2 Å². The summed E-state index contributed by atoms with van der Waals surface area (Å²) < 4.78 is 38.3. The fraction of sp³-hybridized carbons (Fsp3) is 0.476. The van der Waals surface area contributed by atoms with Crippen molar-refractivity contribution in [3.05, 3.63) is 29.8 Å². The molecule has 1 aromatic carbocycles. The maximum absolute atomic E-state index is 12.9. The zero-order valence-corrected chi connectivity index (χ0v) is 20.2. The van der Waals surface area contributed by atoms with E-state index in [2.05, 4.69) is 21.3 Å². The van der Waals surface area contributed by atoms with E-state index in [4.69, 9.17) is 10.8 Å². The zero-order valence-electron chi connectivity index (χ0n) is 19.4. The van der Waals surface area contributed by atoms with E-state index in [0.29, 0.717) is 0 Å². The van der Waals surface area contributed by atoms with Gasteiger partial charge in [-0.1, -0.05) is 6.07 Å². The van der Waals surface area contributed by atoms with Gasteiger partial charge < -0.3 is 36.4 Å². The molecule has 0 aromatic heterocycles. The van der Waals surface area contributed by atoms with E-state index in [1.165, 1.54) is 23.1 Å². The number of benzene rings is 1. The van der Waals surface area contributed by atoms with Crippen LogP contribution < -0.4 is 21.3 Å². The fourth-order valence-corrected chi connectivity index (χ4v) is 6.03. The van der Waals surface area contributed by atoms with E-state index >= 15 is 0 Å². The van der Waals surface area contributed by atoms with E-state index in [1.807, 2.05) is 0 Å². The Kier molecular flexibility index (Phi) is 5.99. The van der Waals surface area contributed by atoms with Crippen molar-refractivity contribution in [2.24, 2.45) is 0 Å². The molecular weight excluding hydrogens is 533 g/mol. The van der Waals surface area contributed by atoms with Crippen LogP contribution in [0.5, 0.6) is 0 Å². The number of likely N-dealkylation sites (tertiary alicyclic amines) is 1. The van der Waals surface area contributed by atoms with Crippen molar-refractivity contribution in [2.45, 2.75) is 52.8 Å². The summed E-state index contributed by atoms with van der Waals surface area (Å²) in [6.07, 6.45) is 0.0697. The van der Waals surface area contributed by atoms with Crippen LogP contribution in [0.1, 0.15) is 23.2 Å². The van der Waals surface area contributed by atoms with Gasteiger partial charge in [-0.3, -0.25) is 30.1 Å². The highest BCUT2D eigenvalue weighted by Gasteiger charge is 2.74. The molecule has 4 atom stereocenters. The molecule has 3 amide bonds. The van der Waals surface area contributed by atoms with Crippen molar-refractivity contribution in [1.29, 1.82) is 10.8 Å². The van der Waals surface area contributed by atoms with Gasteiger partial charge in [0.25, 0.3) is 5.91 Å². The number of hydrogen-bond donors (Lipinski definition) is 8. The molecule has 0 aliphatic carbocycles. The summed E-state index contributed by atoms with van der Waals surface area (Å²) in [4.78, 5) is 39.3. The minimum atomic E-state index is -4.57. The number of aliphatic hydroxyl groups is 2. The van der Waals surface area contributed by atoms with Crippen LogP contribution in [-0.2, 0) is 9.59 Å². The Morgan fingerprint density at radius 3 is 2.53 bits per heavy atom. The maximum Gasteiger partial charge on any atom is 0.446 e. The molecule has 4 saturated heterocycles. The highest BCUT2D eigenvalue weighted by molar-refractivity contribution is 8.00. The van der Waals surface area contributed by atoms with Crippen LogP contribution in [0.25, 0.3) is 0 Å². The minimum absolute atomic E-state index is 0.0349. The molecule has 4 heterocycles. The summed E-state index contributed by atoms with van der Waals surface area (Å²) in [5.41, 5.74) is -6.69. The number of alkyl halides is 3. The highest BCUT2D eigenvalue weighted by Crippen LogP contribution is 2.43. The third kappa shape index (κ3) is 4.10. The lowest BCUT2D eigenvalue weighted by Crippen LogP contribution is -2.81. The molecule has 38 heavy (non-hydrogen) atoms. The summed E-state index contributed by atoms with van der Waals surface area (Å²) >= 11 is -0.401. The number of halogens is 3. The number of carbonyl (C=O) groups is 3. The molecule has 4 fully saturated rings. The molecule has 5 rings (SSSR count). The van der Waals surface area contributed by atoms with Gasteiger partial charge in [-0.05, 0) is 30.0 Å². The average Bonchev–Trinajstić information content (AvgIpc) is 3.41. The number of thioether (sulfide) groups is 1. The Hall–Kier alpha value is -3.57. The maximum atomic E-state index is 12.9. The lowest BCUT2D eigenvalue weighted by atomic mass is 9.84. The molecule has 0 radical (unpaired) electrons. The molecule has 13 nitrogen and oxygen atoms in total. The zero-order chi connectivity index (χ0) is 27.6. The van der Waals surface area contributed by atoms with Crippen molar-refractivity contribution in [3.63, 3.8) is 0 Å². The van der Waals surface area contributed by atoms with Crippen molar-refractivity contribution in [2.75, 3.05) is 13.1 Å². The Morgan fingerprint density at radius 1 is 1.18 bits per heavy atom. The second-order valence-electron chi connectivity index (χ2n) is 9.32. The van der Waals surface area contributed by atoms with E-state index < -0.39 is 64.6 Å². The van der Waals surface area contributed by atoms with Gasteiger partial charge in [-0.15, -0.1) is 0 Å². The summed E-state index contributed by atoms with van der Waals surface area (Å²) in [5.74, 6) is -5.18. The topological polar surface area (TPSA) is 194 Å². The van der Waals surface area contributed by atoms with Crippen molar-refractivity contribution < 1.29 is 37.8 Å². The van der Waals surface area contributed by atoms with Gasteiger partial charge in [0.2, 0.25) is 17.6 Å². The summed E-state index contributed by atoms with van der Waals surface area (Å²) in [6.45, 7) is -0.534. The first-order chi connectivity index (χ1) is 17.7. The van der Waals surface area contributed by atoms with E-state index in [1.54, 1.807) is 0 Å². The first-order valence-electron chi connectivity index (χ1n) is 11.4. The van der Waals surface area contributed by atoms with Gasteiger partial charge in [0.1, 0.15) is 6.04 Å². The summed E-state index contributed by atoms with van der Waals surface area (Å²) in [6, 6.07) is 1.28. The summed E-state index contributed by atoms with van der Waals surface area (Å²) in [5, 5.41) is 50.1. The van der Waals surface area contributed by atoms with Crippen LogP contribution >= 0.6 is 11.8 Å². The molecule has 1 spiro atoms. The quantitative estimate of drug-likeness (QED) is 0.122. The Bertz CT molecular complexity index is 1230. The van der Waals surface area contributed by atoms with Crippen molar-refractivity contribution in [1.82, 2.24) is 31.1 Å². The van der Waals surface area contributed by atoms with Crippen molar-refractivity contribution in [3.8, 4) is 0 Å². The van der Waals surface area contributed by atoms with Gasteiger partial charge >= 0.3 is 5.51 Å². The Labute approximate surface area is 217 Å². The number of amides is 3. The molecule has 4 aliphatic rings. The lowest BCUT2D eigenvalue weighted by Gasteiger charge is -2.51. The van der Waals surface area contributed by atoms with Crippen LogP contribution in [0.3, 0.4) is 0 Å². The number of nitrogens with zero attached hydrogens (tertiary/aromatic N) is 2. The first-order valence-corrected chi connectivity index (χ1v) is 12.2. The molecule has 1 aromatic rings. The van der Waals surface area contributed by atoms with E-state index in [-0.39, 0.29) is 48.3 Å². The number of carbonyl (C=O) groups excluding carboxylic acids is 3. The van der Waals surface area contributed by atoms with Crippen LogP contribution in [0.15, 0.2) is 29.2 Å². The van der Waals surface area contributed by atoms with Gasteiger partial charge in [-0.25, -0.2) is 0 Å². The molecule has 8 N–H and O–H groups in total. The molecule has 0 saturated carbocycles. The number of rotatable bonds is 5. The van der Waals surface area contributed by atoms with Crippen LogP contribution in [-0.4, -0.2) is 97.8 Å². The second kappa shape index (κ2) is 8.74. The second-order valence-corrected chi connectivity index (χ2v) is 10.5. The third-order valence-electron chi connectivity index (χ3n) is 7.07. The number of nitrogens with one attached hydrogen (secondary N) is 6. The number of guanidine groups is 2. The van der Waals surface area contributed by atoms with Gasteiger partial charge in [0, 0.05) is 29.8 Å². The van der Waals surface area contributed by atoms with Crippen molar-refractivity contribution >= 4 is 41.4 Å². The first kappa shape index (κ1) is 26.1. The lowest BCUT2D eigenvalue weighted by molar-refractivity contribution is -0.232. The standard InChI is InChI=1S/C21H23F3N8O5S/c22-21(23,24)38-10-3-1-2-9(6-10)16(35)28-12-8-32-18(26)27-11(7-31-13(33)4-5-14(31)34)15-19(32,20(12,36)37)30-17(25)29-15/h1-3,6,11-12,15,36-37H,4-5,7-8H2,(H2,26,27)(H,28,35)(H3,25,29,30)/t11-,12-,15-,19-/m0/s1. The largest absolute Gasteiger partial charge is 0.446 e. The van der Waals surface area contributed by atoms with E-state index in [0.717, 1.165) is 11.0 Å². The fourth-order valence-electron chi connectivity index (χ4n) is 5.43. The van der Waals surface area contributed by atoms with E-state index in [9.17, 15) is 37.8 Å². The monoisotopic (exact) mass is 556 g/mol. The Balaban J connectivity index is 1.41. The normalized spacial score (nSPS) is 30.0. The minimum Gasteiger partial charge on any atom is -0.361 e. The average molecular weight is 557 g/mol. The molecule has 4 aliphatic heterocycles. The number of imide groups is 1. The predicted molar refractivity (Wildman–Crippen MR) is 125 cm³/mol. The van der Waals surface area contributed by atoms with Crippen LogP contribution in [0.2, 0.25) is 0 Å². The molecule has 204 valence electrons. The van der Waals surface area contributed by atoms with Gasteiger partial charge in [0.15, 0.2) is 17.6 Å². The summed E-state index contributed by atoms with van der Waals surface area (Å²) in [7, 11) is 0. The van der Waals surface area contributed by atoms with Crippen LogP contribution in [0.4, 0.5) is 13.2 Å². The smallest absolute Gasteiger partial charge is 0.361 e. The van der Waals surface area contributed by atoms with Gasteiger partial charge in [0.05, 0.1) is 18.6 Å². The Morgan fingerprint density at radius 2 is 1.87 bits per heavy atom. The molecule has 17 heteroatoms. The predicted octanol–water partition coefficient (Wildman–Crippen LogP) is -1.36. The molecular formula is C21H23F3N8O5S. The third-order valence-corrected chi connectivity index (χ3v) is 7.79. The molecule has 0 unspecified atom stereocenters. The molecule has 0 bridgehead atoms. The SMILES string of the molecule is N=C1N[C@H]2[C@H](CN3C(=O)CCC3=O)NC(=N)N3C[C@H](NC(=O)c4cccc(SC(F)(F)F)c4)C(O)(O)[C@]23N1. The highest BCUT2D eigenvalue weighted by atomic mass is 32.2.